The van der Waals surface area contributed by atoms with Crippen LogP contribution in [0.15, 0.2) is 30.3 Å². The molecule has 2 unspecified atom stereocenters. The number of alkyl carbamates (subject to hydrolysis) is 1. The van der Waals surface area contributed by atoms with Gasteiger partial charge in [0.1, 0.15) is 19.3 Å². The normalized spacial score (nSPS) is 18.4. The molecule has 0 bridgehead atoms. The van der Waals surface area contributed by atoms with E-state index in [1.807, 2.05) is 30.3 Å². The van der Waals surface area contributed by atoms with Gasteiger partial charge in [0.05, 0.1) is 7.11 Å². The number of hydroxylamine groups is 2. The van der Waals surface area contributed by atoms with Crippen molar-refractivity contribution in [2.24, 2.45) is 0 Å². The Hall–Kier alpha value is -2.61. The third-order valence-corrected chi connectivity index (χ3v) is 3.29. The molecule has 2 amide bonds. The molecule has 1 fully saturated rings. The molecule has 1 aromatic rings. The van der Waals surface area contributed by atoms with Gasteiger partial charge >= 0.3 is 12.1 Å². The van der Waals surface area contributed by atoms with Crippen LogP contribution in [0.2, 0.25) is 0 Å². The number of rotatable bonds is 5. The number of benzene rings is 1. The van der Waals surface area contributed by atoms with Crippen LogP contribution in [-0.2, 0) is 30.5 Å². The lowest BCUT2D eigenvalue weighted by molar-refractivity contribution is -0.185. The summed E-state index contributed by atoms with van der Waals surface area (Å²) in [4.78, 5) is 40.4. The van der Waals surface area contributed by atoms with Crippen molar-refractivity contribution in [3.63, 3.8) is 0 Å². The van der Waals surface area contributed by atoms with E-state index in [-0.39, 0.29) is 13.2 Å². The van der Waals surface area contributed by atoms with Crippen LogP contribution in [0.5, 0.6) is 0 Å². The maximum atomic E-state index is 12.1. The van der Waals surface area contributed by atoms with E-state index >= 15 is 0 Å². The summed E-state index contributed by atoms with van der Waals surface area (Å²) in [5, 5.41) is 3.31. The van der Waals surface area contributed by atoms with Gasteiger partial charge in [-0.3, -0.25) is 9.63 Å². The lowest BCUT2D eigenvalue weighted by atomic mass is 10.2. The number of hydrogen-bond donors (Lipinski definition) is 1. The molecule has 0 aromatic heterocycles. The number of nitrogens with one attached hydrogen (secondary N) is 1. The molecule has 23 heavy (non-hydrogen) atoms. The Bertz CT molecular complexity index is 577. The van der Waals surface area contributed by atoms with Crippen LogP contribution in [0.4, 0.5) is 4.79 Å². The van der Waals surface area contributed by atoms with Crippen LogP contribution >= 0.6 is 0 Å². The van der Waals surface area contributed by atoms with Gasteiger partial charge in [0.15, 0.2) is 6.04 Å². The van der Waals surface area contributed by atoms with Crippen LogP contribution < -0.4 is 5.32 Å². The fraction of sp³-hybridized carbons (Fsp3) is 0.400. The monoisotopic (exact) mass is 322 g/mol. The van der Waals surface area contributed by atoms with E-state index in [9.17, 15) is 14.4 Å². The fourth-order valence-corrected chi connectivity index (χ4v) is 2.02. The van der Waals surface area contributed by atoms with Crippen molar-refractivity contribution in [2.75, 3.05) is 13.7 Å². The third-order valence-electron chi connectivity index (χ3n) is 3.29. The summed E-state index contributed by atoms with van der Waals surface area (Å²) < 4.78 is 9.59. The zero-order valence-electron chi connectivity index (χ0n) is 12.9. The van der Waals surface area contributed by atoms with Gasteiger partial charge in [-0.25, -0.2) is 14.7 Å². The highest BCUT2D eigenvalue weighted by Crippen LogP contribution is 2.13. The minimum atomic E-state index is -0.898. The highest BCUT2D eigenvalue weighted by molar-refractivity contribution is 5.89. The Kier molecular flexibility index (Phi) is 5.53. The number of ether oxygens (including phenoxy) is 2. The van der Waals surface area contributed by atoms with Gasteiger partial charge < -0.3 is 14.8 Å². The molecule has 1 aromatic carbocycles. The van der Waals surface area contributed by atoms with Crippen molar-refractivity contribution in [2.45, 2.75) is 25.6 Å². The van der Waals surface area contributed by atoms with Gasteiger partial charge in [-0.2, -0.15) is 0 Å². The molecule has 1 heterocycles. The lowest BCUT2D eigenvalue weighted by Gasteiger charge is -2.20. The molecule has 2 atom stereocenters. The molecule has 8 heteroatoms. The molecule has 1 aliphatic rings. The van der Waals surface area contributed by atoms with Crippen molar-refractivity contribution >= 4 is 18.0 Å². The van der Waals surface area contributed by atoms with E-state index < -0.39 is 30.1 Å². The second-order valence-electron chi connectivity index (χ2n) is 4.92. The first kappa shape index (κ1) is 16.8. The summed E-state index contributed by atoms with van der Waals surface area (Å²) in [6.07, 6.45) is -0.733. The van der Waals surface area contributed by atoms with Crippen LogP contribution in [0, 0.1) is 0 Å². The maximum absolute atomic E-state index is 12.1. The van der Waals surface area contributed by atoms with Gasteiger partial charge in [0.25, 0.3) is 5.91 Å². The maximum Gasteiger partial charge on any atom is 0.408 e. The first-order valence-electron chi connectivity index (χ1n) is 7.04. The average molecular weight is 322 g/mol. The van der Waals surface area contributed by atoms with Crippen molar-refractivity contribution in [3.8, 4) is 0 Å². The number of nitrogens with zero attached hydrogens (tertiary/aromatic N) is 1. The summed E-state index contributed by atoms with van der Waals surface area (Å²) in [5.74, 6) is -1.13. The quantitative estimate of drug-likeness (QED) is 0.799. The molecule has 8 nitrogen and oxygen atoms in total. The molecule has 1 saturated heterocycles. The number of amides is 2. The van der Waals surface area contributed by atoms with Gasteiger partial charge in [-0.05, 0) is 12.5 Å². The van der Waals surface area contributed by atoms with E-state index in [4.69, 9.17) is 9.57 Å². The Balaban J connectivity index is 1.83. The predicted molar refractivity (Wildman–Crippen MR) is 77.8 cm³/mol. The molecule has 0 spiro atoms. The summed E-state index contributed by atoms with van der Waals surface area (Å²) in [7, 11) is 1.22. The van der Waals surface area contributed by atoms with E-state index in [1.54, 1.807) is 0 Å². The lowest BCUT2D eigenvalue weighted by Crippen LogP contribution is -2.46. The number of carbonyl (C=O) groups is 3. The standard InChI is InChI=1S/C15H18N2O6/c1-10(14(19)21-2)17-13(18)12(9-23-17)16-15(20)22-8-11-6-4-3-5-7-11/h3-7,10,12H,8-9H2,1-2H3,(H,16,20). The van der Waals surface area contributed by atoms with Crippen LogP contribution in [0.3, 0.4) is 0 Å². The molecule has 1 N–H and O–H groups in total. The molecule has 1 aliphatic heterocycles. The van der Waals surface area contributed by atoms with Gasteiger partial charge in [0.2, 0.25) is 0 Å². The second kappa shape index (κ2) is 7.59. The summed E-state index contributed by atoms with van der Waals surface area (Å²) in [6.45, 7) is 1.50. The molecular formula is C15H18N2O6. The smallest absolute Gasteiger partial charge is 0.408 e. The Morgan fingerprint density at radius 1 is 1.39 bits per heavy atom. The predicted octanol–water partition coefficient (Wildman–Crippen LogP) is 0.617. The second-order valence-corrected chi connectivity index (χ2v) is 4.92. The topological polar surface area (TPSA) is 94.2 Å². The van der Waals surface area contributed by atoms with Gasteiger partial charge in [-0.15, -0.1) is 0 Å². The third kappa shape index (κ3) is 4.19. The summed E-state index contributed by atoms with van der Waals surface area (Å²) in [5.41, 5.74) is 0.831. The van der Waals surface area contributed by atoms with Crippen molar-refractivity contribution in [3.05, 3.63) is 35.9 Å². The SMILES string of the molecule is COC(=O)C(C)N1OCC(NC(=O)OCc2ccccc2)C1=O. The minimum Gasteiger partial charge on any atom is -0.467 e. The van der Waals surface area contributed by atoms with Crippen molar-refractivity contribution < 1.29 is 28.7 Å². The molecule has 124 valence electrons. The average Bonchev–Trinajstić information content (AvgIpc) is 2.93. The molecule has 2 rings (SSSR count). The zero-order valence-corrected chi connectivity index (χ0v) is 12.9. The van der Waals surface area contributed by atoms with Gasteiger partial charge in [-0.1, -0.05) is 30.3 Å². The highest BCUT2D eigenvalue weighted by Gasteiger charge is 2.40. The number of methoxy groups -OCH3 is 1. The van der Waals surface area contributed by atoms with E-state index in [1.165, 1.54) is 14.0 Å². The summed E-state index contributed by atoms with van der Waals surface area (Å²) >= 11 is 0. The van der Waals surface area contributed by atoms with Crippen molar-refractivity contribution in [1.82, 2.24) is 10.4 Å². The fourth-order valence-electron chi connectivity index (χ4n) is 2.02. The first-order valence-corrected chi connectivity index (χ1v) is 7.04. The van der Waals surface area contributed by atoms with Crippen molar-refractivity contribution in [1.29, 1.82) is 0 Å². The van der Waals surface area contributed by atoms with E-state index in [0.29, 0.717) is 0 Å². The largest absolute Gasteiger partial charge is 0.467 e. The van der Waals surface area contributed by atoms with E-state index in [0.717, 1.165) is 10.6 Å². The van der Waals surface area contributed by atoms with Crippen LogP contribution in [-0.4, -0.2) is 48.8 Å². The zero-order chi connectivity index (χ0) is 16.8. The molecular weight excluding hydrogens is 304 g/mol. The Labute approximate surface area is 133 Å². The first-order chi connectivity index (χ1) is 11.0. The highest BCUT2D eigenvalue weighted by atomic mass is 16.7. The minimum absolute atomic E-state index is 0.0688. The van der Waals surface area contributed by atoms with Gasteiger partial charge in [0, 0.05) is 0 Å². The number of carbonyl (C=O) groups excluding carboxylic acids is 3. The van der Waals surface area contributed by atoms with Crippen LogP contribution in [0.25, 0.3) is 0 Å². The van der Waals surface area contributed by atoms with E-state index in [2.05, 4.69) is 10.1 Å². The number of esters is 1. The molecule has 0 radical (unpaired) electrons. The molecule has 0 aliphatic carbocycles. The van der Waals surface area contributed by atoms with Crippen LogP contribution in [0.1, 0.15) is 12.5 Å². The Morgan fingerprint density at radius 2 is 2.09 bits per heavy atom. The summed E-state index contributed by atoms with van der Waals surface area (Å²) in [6, 6.07) is 7.36. The number of hydrogen-bond acceptors (Lipinski definition) is 6. The Morgan fingerprint density at radius 3 is 2.74 bits per heavy atom. The molecule has 0 saturated carbocycles.